The summed E-state index contributed by atoms with van der Waals surface area (Å²) in [7, 11) is -4.08. The second-order valence-corrected chi connectivity index (χ2v) is 8.97. The Labute approximate surface area is 181 Å². The zero-order valence-electron chi connectivity index (χ0n) is 16.5. The lowest BCUT2D eigenvalue weighted by Crippen LogP contribution is -2.48. The first kappa shape index (κ1) is 21.9. The summed E-state index contributed by atoms with van der Waals surface area (Å²) in [4.78, 5) is 11.6. The van der Waals surface area contributed by atoms with Gasteiger partial charge in [0.1, 0.15) is 16.5 Å². The zero-order valence-corrected chi connectivity index (χ0v) is 17.3. The zero-order chi connectivity index (χ0) is 22.9. The van der Waals surface area contributed by atoms with Crippen molar-refractivity contribution in [3.63, 3.8) is 0 Å². The Hall–Kier alpha value is -3.29. The molecule has 0 saturated carbocycles. The molecule has 0 aliphatic carbocycles. The number of aromatic nitrogens is 2. The van der Waals surface area contributed by atoms with E-state index < -0.39 is 31.5 Å². The van der Waals surface area contributed by atoms with E-state index in [4.69, 9.17) is 4.42 Å². The lowest BCUT2D eigenvalue weighted by molar-refractivity contribution is -0.384. The lowest BCUT2D eigenvalue weighted by Gasteiger charge is -2.33. The smallest absolute Gasteiger partial charge is 0.269 e. The van der Waals surface area contributed by atoms with Gasteiger partial charge in [-0.2, -0.15) is 4.31 Å². The molecule has 2 heterocycles. The molecule has 1 aliphatic rings. The maximum atomic E-state index is 14.0. The van der Waals surface area contributed by atoms with Gasteiger partial charge in [0.25, 0.3) is 5.69 Å². The van der Waals surface area contributed by atoms with E-state index in [1.54, 1.807) is 0 Å². The van der Waals surface area contributed by atoms with Gasteiger partial charge < -0.3 is 4.42 Å². The van der Waals surface area contributed by atoms with Crippen LogP contribution in [0.15, 0.2) is 51.8 Å². The van der Waals surface area contributed by atoms with Gasteiger partial charge in [0.15, 0.2) is 0 Å². The van der Waals surface area contributed by atoms with E-state index in [-0.39, 0.29) is 31.2 Å². The average molecular weight is 465 g/mol. The van der Waals surface area contributed by atoms with Crippen molar-refractivity contribution in [2.24, 2.45) is 0 Å². The standard InChI is InChI=1S/C19H17F2N5O5S/c20-14-3-6-17(16(21)11-14)32(29,30)25-9-7-24(8-10-25)12-18-22-23-19(31-18)13-1-4-15(5-2-13)26(27)28/h1-6,11H,7-10,12H2. The van der Waals surface area contributed by atoms with Crippen molar-refractivity contribution in [3.8, 4) is 11.5 Å². The number of sulfonamides is 1. The lowest BCUT2D eigenvalue weighted by atomic mass is 10.2. The van der Waals surface area contributed by atoms with Crippen LogP contribution in [0.5, 0.6) is 0 Å². The fourth-order valence-electron chi connectivity index (χ4n) is 3.30. The highest BCUT2D eigenvalue weighted by Crippen LogP contribution is 2.24. The van der Waals surface area contributed by atoms with Crippen molar-refractivity contribution >= 4 is 15.7 Å². The molecule has 10 nitrogen and oxygen atoms in total. The highest BCUT2D eigenvalue weighted by atomic mass is 32.2. The van der Waals surface area contributed by atoms with Crippen LogP contribution in [0.3, 0.4) is 0 Å². The largest absolute Gasteiger partial charge is 0.419 e. The minimum atomic E-state index is -4.08. The average Bonchev–Trinajstić information content (AvgIpc) is 3.22. The molecule has 1 saturated heterocycles. The number of nitro groups is 1. The van der Waals surface area contributed by atoms with Crippen LogP contribution in [0.4, 0.5) is 14.5 Å². The number of hydrogen-bond donors (Lipinski definition) is 0. The summed E-state index contributed by atoms with van der Waals surface area (Å²) in [6.07, 6.45) is 0. The molecular weight excluding hydrogens is 448 g/mol. The molecule has 0 unspecified atom stereocenters. The van der Waals surface area contributed by atoms with Gasteiger partial charge in [-0.15, -0.1) is 10.2 Å². The van der Waals surface area contributed by atoms with Gasteiger partial charge in [-0.25, -0.2) is 17.2 Å². The molecule has 3 aromatic rings. The molecule has 0 radical (unpaired) electrons. The summed E-state index contributed by atoms with van der Waals surface area (Å²) >= 11 is 0. The maximum Gasteiger partial charge on any atom is 0.269 e. The van der Waals surface area contributed by atoms with Crippen molar-refractivity contribution in [3.05, 3.63) is 70.1 Å². The van der Waals surface area contributed by atoms with Crippen molar-refractivity contribution in [1.82, 2.24) is 19.4 Å². The molecule has 32 heavy (non-hydrogen) atoms. The van der Waals surface area contributed by atoms with Gasteiger partial charge in [0, 0.05) is 49.9 Å². The Morgan fingerprint density at radius 2 is 1.72 bits per heavy atom. The number of halogens is 2. The summed E-state index contributed by atoms with van der Waals surface area (Å²) in [5, 5.41) is 18.7. The molecule has 1 aromatic heterocycles. The number of benzene rings is 2. The quantitative estimate of drug-likeness (QED) is 0.402. The first-order chi connectivity index (χ1) is 15.2. The SMILES string of the molecule is O=[N+]([O-])c1ccc(-c2nnc(CN3CCN(S(=O)(=O)c4ccc(F)cc4F)CC3)o2)cc1. The van der Waals surface area contributed by atoms with Crippen LogP contribution in [0, 0.1) is 21.7 Å². The second-order valence-electron chi connectivity index (χ2n) is 7.06. The van der Waals surface area contributed by atoms with E-state index in [2.05, 4.69) is 10.2 Å². The van der Waals surface area contributed by atoms with E-state index in [1.165, 1.54) is 24.3 Å². The summed E-state index contributed by atoms with van der Waals surface area (Å²) in [6.45, 7) is 1.19. The molecule has 2 aromatic carbocycles. The molecule has 0 spiro atoms. The Kier molecular flexibility index (Phi) is 5.95. The fraction of sp³-hybridized carbons (Fsp3) is 0.263. The number of nitrogens with zero attached hydrogens (tertiary/aromatic N) is 5. The normalized spacial score (nSPS) is 15.7. The van der Waals surface area contributed by atoms with Crippen LogP contribution in [0.2, 0.25) is 0 Å². The molecule has 168 valence electrons. The summed E-state index contributed by atoms with van der Waals surface area (Å²) in [5.41, 5.74) is 0.480. The van der Waals surface area contributed by atoms with E-state index >= 15 is 0 Å². The maximum absolute atomic E-state index is 14.0. The number of nitro benzene ring substituents is 1. The molecule has 1 fully saturated rings. The van der Waals surface area contributed by atoms with Crippen LogP contribution in [-0.4, -0.2) is 58.9 Å². The highest BCUT2D eigenvalue weighted by Gasteiger charge is 2.31. The molecule has 4 rings (SSSR count). The van der Waals surface area contributed by atoms with Crippen LogP contribution in [-0.2, 0) is 16.6 Å². The molecular formula is C19H17F2N5O5S. The third-order valence-electron chi connectivity index (χ3n) is 4.99. The van der Waals surface area contributed by atoms with Crippen molar-refractivity contribution < 1.29 is 26.5 Å². The third kappa shape index (κ3) is 4.49. The van der Waals surface area contributed by atoms with E-state index in [0.29, 0.717) is 30.6 Å². The first-order valence-electron chi connectivity index (χ1n) is 9.49. The number of non-ortho nitro benzene ring substituents is 1. The van der Waals surface area contributed by atoms with Gasteiger partial charge in [0.05, 0.1) is 11.5 Å². The monoisotopic (exact) mass is 465 g/mol. The summed E-state index contributed by atoms with van der Waals surface area (Å²) in [5.74, 6) is -1.46. The predicted molar refractivity (Wildman–Crippen MR) is 107 cm³/mol. The minimum absolute atomic E-state index is 0.0539. The van der Waals surface area contributed by atoms with Gasteiger partial charge in [-0.3, -0.25) is 15.0 Å². The van der Waals surface area contributed by atoms with Crippen LogP contribution >= 0.6 is 0 Å². The Morgan fingerprint density at radius 1 is 1.03 bits per heavy atom. The van der Waals surface area contributed by atoms with Gasteiger partial charge in [-0.1, -0.05) is 0 Å². The fourth-order valence-corrected chi connectivity index (χ4v) is 4.77. The highest BCUT2D eigenvalue weighted by molar-refractivity contribution is 7.89. The Morgan fingerprint density at radius 3 is 2.34 bits per heavy atom. The Balaban J connectivity index is 1.38. The molecule has 0 atom stereocenters. The van der Waals surface area contributed by atoms with Crippen LogP contribution in [0.1, 0.15) is 5.89 Å². The van der Waals surface area contributed by atoms with Crippen LogP contribution in [0.25, 0.3) is 11.5 Å². The summed E-state index contributed by atoms with van der Waals surface area (Å²) in [6, 6.07) is 8.06. The molecule has 1 aliphatic heterocycles. The van der Waals surface area contributed by atoms with Gasteiger partial charge in [-0.05, 0) is 24.3 Å². The number of hydrogen-bond acceptors (Lipinski definition) is 8. The number of piperazine rings is 1. The van der Waals surface area contributed by atoms with E-state index in [1.807, 2.05) is 4.90 Å². The Bertz CT molecular complexity index is 1240. The molecule has 0 amide bonds. The summed E-state index contributed by atoms with van der Waals surface area (Å²) < 4.78 is 59.2. The number of rotatable bonds is 6. The third-order valence-corrected chi connectivity index (χ3v) is 6.93. The predicted octanol–water partition coefficient (Wildman–Crippen LogP) is 2.43. The van der Waals surface area contributed by atoms with Gasteiger partial charge >= 0.3 is 0 Å². The van der Waals surface area contributed by atoms with Crippen molar-refractivity contribution in [2.75, 3.05) is 26.2 Å². The van der Waals surface area contributed by atoms with E-state index in [0.717, 1.165) is 16.4 Å². The van der Waals surface area contributed by atoms with Crippen LogP contribution < -0.4 is 0 Å². The van der Waals surface area contributed by atoms with E-state index in [9.17, 15) is 27.3 Å². The topological polar surface area (TPSA) is 123 Å². The van der Waals surface area contributed by atoms with Gasteiger partial charge in [0.2, 0.25) is 21.8 Å². The van der Waals surface area contributed by atoms with Crippen molar-refractivity contribution in [1.29, 1.82) is 0 Å². The minimum Gasteiger partial charge on any atom is -0.419 e. The molecule has 0 bridgehead atoms. The molecule has 0 N–H and O–H groups in total. The van der Waals surface area contributed by atoms with Crippen molar-refractivity contribution in [2.45, 2.75) is 11.4 Å². The second kappa shape index (κ2) is 8.68. The molecule has 13 heteroatoms. The first-order valence-corrected chi connectivity index (χ1v) is 10.9.